The summed E-state index contributed by atoms with van der Waals surface area (Å²) in [5.41, 5.74) is 8.58. The van der Waals surface area contributed by atoms with Crippen LogP contribution in [0, 0.1) is 6.92 Å². The molecule has 0 spiro atoms. The SMILES string of the molecule is Cc1cnccc1NC(=O)c1cc2cc(N)ccc2o1. The maximum Gasteiger partial charge on any atom is 0.291 e. The normalized spacial score (nSPS) is 10.7. The molecule has 3 aromatic rings. The van der Waals surface area contributed by atoms with Gasteiger partial charge >= 0.3 is 0 Å². The van der Waals surface area contributed by atoms with E-state index in [0.29, 0.717) is 17.0 Å². The molecule has 0 radical (unpaired) electrons. The van der Waals surface area contributed by atoms with Crippen LogP contribution in [0.5, 0.6) is 0 Å². The minimum absolute atomic E-state index is 0.252. The largest absolute Gasteiger partial charge is 0.451 e. The Labute approximate surface area is 115 Å². The molecule has 2 aromatic heterocycles. The van der Waals surface area contributed by atoms with Crippen molar-refractivity contribution in [2.45, 2.75) is 6.92 Å². The first-order valence-electron chi connectivity index (χ1n) is 6.14. The number of nitrogens with one attached hydrogen (secondary N) is 1. The zero-order chi connectivity index (χ0) is 14.1. The Bertz CT molecular complexity index is 793. The summed E-state index contributed by atoms with van der Waals surface area (Å²) in [7, 11) is 0. The molecule has 3 rings (SSSR count). The molecule has 0 aliphatic carbocycles. The van der Waals surface area contributed by atoms with Gasteiger partial charge in [-0.25, -0.2) is 0 Å². The highest BCUT2D eigenvalue weighted by Gasteiger charge is 2.13. The van der Waals surface area contributed by atoms with Gasteiger partial charge in [0.05, 0.1) is 0 Å². The summed E-state index contributed by atoms with van der Waals surface area (Å²) in [4.78, 5) is 16.1. The minimum Gasteiger partial charge on any atom is -0.451 e. The predicted molar refractivity (Wildman–Crippen MR) is 77.6 cm³/mol. The zero-order valence-electron chi connectivity index (χ0n) is 10.9. The van der Waals surface area contributed by atoms with Crippen molar-refractivity contribution in [3.05, 3.63) is 54.0 Å². The van der Waals surface area contributed by atoms with Crippen LogP contribution >= 0.6 is 0 Å². The number of furan rings is 1. The molecular weight excluding hydrogens is 254 g/mol. The lowest BCUT2D eigenvalue weighted by Crippen LogP contribution is -2.11. The number of hydrogen-bond donors (Lipinski definition) is 2. The van der Waals surface area contributed by atoms with E-state index < -0.39 is 0 Å². The Hall–Kier alpha value is -2.82. The highest BCUT2D eigenvalue weighted by molar-refractivity contribution is 6.05. The van der Waals surface area contributed by atoms with Crippen LogP contribution in [0.3, 0.4) is 0 Å². The number of rotatable bonds is 2. The molecule has 5 heteroatoms. The number of nitrogen functional groups attached to an aromatic ring is 1. The number of benzene rings is 1. The fourth-order valence-corrected chi connectivity index (χ4v) is 1.97. The molecule has 0 saturated heterocycles. The molecule has 100 valence electrons. The summed E-state index contributed by atoms with van der Waals surface area (Å²) < 4.78 is 5.51. The third-order valence-electron chi connectivity index (χ3n) is 3.03. The van der Waals surface area contributed by atoms with Gasteiger partial charge in [-0.1, -0.05) is 0 Å². The first-order chi connectivity index (χ1) is 9.63. The van der Waals surface area contributed by atoms with Gasteiger partial charge in [-0.2, -0.15) is 0 Å². The molecule has 1 aromatic carbocycles. The van der Waals surface area contributed by atoms with Gasteiger partial charge in [-0.05, 0) is 42.8 Å². The Morgan fingerprint density at radius 3 is 2.95 bits per heavy atom. The van der Waals surface area contributed by atoms with Crippen molar-refractivity contribution < 1.29 is 9.21 Å². The maximum absolute atomic E-state index is 12.2. The molecule has 5 nitrogen and oxygen atoms in total. The van der Waals surface area contributed by atoms with Gasteiger partial charge in [0.15, 0.2) is 5.76 Å². The monoisotopic (exact) mass is 267 g/mol. The van der Waals surface area contributed by atoms with Crippen LogP contribution in [-0.2, 0) is 0 Å². The number of nitrogens with zero attached hydrogens (tertiary/aromatic N) is 1. The predicted octanol–water partition coefficient (Wildman–Crippen LogP) is 2.97. The van der Waals surface area contributed by atoms with Crippen molar-refractivity contribution in [2.24, 2.45) is 0 Å². The van der Waals surface area contributed by atoms with Crippen LogP contribution in [0.25, 0.3) is 11.0 Å². The lowest BCUT2D eigenvalue weighted by atomic mass is 10.2. The van der Waals surface area contributed by atoms with Crippen LogP contribution in [-0.4, -0.2) is 10.9 Å². The fraction of sp³-hybridized carbons (Fsp3) is 0.0667. The van der Waals surface area contributed by atoms with Gasteiger partial charge in [-0.3, -0.25) is 9.78 Å². The lowest BCUT2D eigenvalue weighted by Gasteiger charge is -2.05. The van der Waals surface area contributed by atoms with Crippen molar-refractivity contribution in [3.63, 3.8) is 0 Å². The lowest BCUT2D eigenvalue weighted by molar-refractivity contribution is 0.0998. The first kappa shape index (κ1) is 12.2. The van der Waals surface area contributed by atoms with Crippen LogP contribution < -0.4 is 11.1 Å². The highest BCUT2D eigenvalue weighted by Crippen LogP contribution is 2.23. The topological polar surface area (TPSA) is 81.2 Å². The average Bonchev–Trinajstić information content (AvgIpc) is 2.84. The summed E-state index contributed by atoms with van der Waals surface area (Å²) in [6, 6.07) is 8.68. The van der Waals surface area contributed by atoms with Crippen molar-refractivity contribution >= 4 is 28.3 Å². The Balaban J connectivity index is 1.91. The van der Waals surface area contributed by atoms with Gasteiger partial charge in [-0.15, -0.1) is 0 Å². The highest BCUT2D eigenvalue weighted by atomic mass is 16.3. The molecule has 0 aliphatic heterocycles. The van der Waals surface area contributed by atoms with Crippen molar-refractivity contribution in [2.75, 3.05) is 11.1 Å². The maximum atomic E-state index is 12.2. The molecule has 0 saturated carbocycles. The van der Waals surface area contributed by atoms with Gasteiger partial charge in [0, 0.05) is 29.2 Å². The van der Waals surface area contributed by atoms with E-state index in [2.05, 4.69) is 10.3 Å². The number of aromatic nitrogens is 1. The molecule has 0 unspecified atom stereocenters. The zero-order valence-corrected chi connectivity index (χ0v) is 10.9. The summed E-state index contributed by atoms with van der Waals surface area (Å²) in [5.74, 6) is -0.0455. The van der Waals surface area contributed by atoms with E-state index in [1.54, 1.807) is 42.7 Å². The summed E-state index contributed by atoms with van der Waals surface area (Å²) >= 11 is 0. The van der Waals surface area contributed by atoms with E-state index in [9.17, 15) is 4.79 Å². The summed E-state index contributed by atoms with van der Waals surface area (Å²) in [6.07, 6.45) is 3.32. The standard InChI is InChI=1S/C15H13N3O2/c1-9-8-17-5-4-12(9)18-15(19)14-7-10-6-11(16)2-3-13(10)20-14/h2-8H,16H2,1H3,(H,17,18,19). The van der Waals surface area contributed by atoms with Crippen molar-refractivity contribution in [1.82, 2.24) is 4.98 Å². The molecule has 20 heavy (non-hydrogen) atoms. The van der Waals surface area contributed by atoms with Crippen LogP contribution in [0.15, 0.2) is 47.1 Å². The average molecular weight is 267 g/mol. The number of pyridine rings is 1. The second-order valence-electron chi connectivity index (χ2n) is 4.55. The minimum atomic E-state index is -0.297. The molecule has 0 atom stereocenters. The van der Waals surface area contributed by atoms with E-state index in [0.717, 1.165) is 10.9 Å². The first-order valence-corrected chi connectivity index (χ1v) is 6.14. The summed E-state index contributed by atoms with van der Waals surface area (Å²) in [5, 5.41) is 3.61. The van der Waals surface area contributed by atoms with E-state index >= 15 is 0 Å². The third kappa shape index (κ3) is 2.21. The van der Waals surface area contributed by atoms with E-state index in [-0.39, 0.29) is 11.7 Å². The van der Waals surface area contributed by atoms with Gasteiger partial charge in [0.25, 0.3) is 5.91 Å². The quantitative estimate of drug-likeness (QED) is 0.699. The van der Waals surface area contributed by atoms with Gasteiger partial charge < -0.3 is 15.5 Å². The number of hydrogen-bond acceptors (Lipinski definition) is 4. The van der Waals surface area contributed by atoms with Crippen LogP contribution in [0.4, 0.5) is 11.4 Å². The van der Waals surface area contributed by atoms with Crippen LogP contribution in [0.1, 0.15) is 16.1 Å². The Morgan fingerprint density at radius 2 is 2.15 bits per heavy atom. The second-order valence-corrected chi connectivity index (χ2v) is 4.55. The van der Waals surface area contributed by atoms with Gasteiger partial charge in [0.1, 0.15) is 5.58 Å². The molecule has 1 amide bonds. The number of nitrogens with two attached hydrogens (primary N) is 1. The molecule has 0 aliphatic rings. The number of amides is 1. The smallest absolute Gasteiger partial charge is 0.291 e. The fourth-order valence-electron chi connectivity index (χ4n) is 1.97. The molecule has 2 heterocycles. The van der Waals surface area contributed by atoms with E-state index in [4.69, 9.17) is 10.2 Å². The number of aryl methyl sites for hydroxylation is 1. The molecule has 3 N–H and O–H groups in total. The van der Waals surface area contributed by atoms with Gasteiger partial charge in [0.2, 0.25) is 0 Å². The van der Waals surface area contributed by atoms with Crippen molar-refractivity contribution in [1.29, 1.82) is 0 Å². The molecule has 0 fully saturated rings. The summed E-state index contributed by atoms with van der Waals surface area (Å²) in [6.45, 7) is 1.88. The Kier molecular flexibility index (Phi) is 2.87. The Morgan fingerprint density at radius 1 is 1.30 bits per heavy atom. The van der Waals surface area contributed by atoms with Crippen LogP contribution in [0.2, 0.25) is 0 Å². The second kappa shape index (κ2) is 4.70. The third-order valence-corrected chi connectivity index (χ3v) is 3.03. The number of anilines is 2. The number of carbonyl (C=O) groups is 1. The van der Waals surface area contributed by atoms with E-state index in [1.807, 2.05) is 6.92 Å². The van der Waals surface area contributed by atoms with Crippen molar-refractivity contribution in [3.8, 4) is 0 Å². The van der Waals surface area contributed by atoms with E-state index in [1.165, 1.54) is 0 Å². The molecule has 0 bridgehead atoms. The number of carbonyl (C=O) groups excluding carboxylic acids is 1. The molecular formula is C15H13N3O2. The number of fused-ring (bicyclic) bond motifs is 1.